The number of halogens is 1. The molecule has 2 rings (SSSR count). The molecule has 1 fully saturated rings. The molecular formula is C13H14BrNO4S. The van der Waals surface area contributed by atoms with Crippen LogP contribution in [0, 0.1) is 0 Å². The van der Waals surface area contributed by atoms with Gasteiger partial charge in [-0.2, -0.15) is 0 Å². The van der Waals surface area contributed by atoms with Gasteiger partial charge in [0.05, 0.1) is 24.5 Å². The van der Waals surface area contributed by atoms with Crippen LogP contribution in [0.3, 0.4) is 0 Å². The second kappa shape index (κ2) is 7.10. The number of morpholine rings is 1. The van der Waals surface area contributed by atoms with Crippen molar-refractivity contribution in [2.75, 3.05) is 32.1 Å². The van der Waals surface area contributed by atoms with Crippen LogP contribution in [0.25, 0.3) is 0 Å². The largest absolute Gasteiger partial charge is 0.478 e. The van der Waals surface area contributed by atoms with E-state index in [2.05, 4.69) is 15.9 Å². The summed E-state index contributed by atoms with van der Waals surface area (Å²) in [5.74, 6) is -0.627. The molecule has 0 spiro atoms. The summed E-state index contributed by atoms with van der Waals surface area (Å²) in [6.07, 6.45) is 0. The predicted octanol–water partition coefficient (Wildman–Crippen LogP) is 2.10. The van der Waals surface area contributed by atoms with E-state index in [0.717, 1.165) is 4.90 Å². The molecule has 1 N–H and O–H groups in total. The highest BCUT2D eigenvalue weighted by Crippen LogP contribution is 2.25. The number of carbonyl (C=O) groups is 2. The maximum absolute atomic E-state index is 12.0. The summed E-state index contributed by atoms with van der Waals surface area (Å²) in [6.45, 7) is 2.41. The molecule has 0 aromatic heterocycles. The molecule has 1 saturated heterocycles. The van der Waals surface area contributed by atoms with Crippen LogP contribution in [0.4, 0.5) is 0 Å². The SMILES string of the molecule is O=C(O)c1cc(SCC(=O)N2CCOCC2)ccc1Br. The second-order valence-electron chi connectivity index (χ2n) is 4.23. The number of carboxylic acid groups (broad SMARTS) is 1. The van der Waals surface area contributed by atoms with Gasteiger partial charge in [0.1, 0.15) is 0 Å². The zero-order valence-corrected chi connectivity index (χ0v) is 13.1. The van der Waals surface area contributed by atoms with Crippen molar-refractivity contribution in [1.29, 1.82) is 0 Å². The molecule has 1 heterocycles. The summed E-state index contributed by atoms with van der Waals surface area (Å²) in [4.78, 5) is 25.6. The molecule has 5 nitrogen and oxygen atoms in total. The van der Waals surface area contributed by atoms with Crippen LogP contribution >= 0.6 is 27.7 Å². The highest BCUT2D eigenvalue weighted by Gasteiger charge is 2.17. The van der Waals surface area contributed by atoms with Crippen LogP contribution < -0.4 is 0 Å². The van der Waals surface area contributed by atoms with Crippen molar-refractivity contribution >= 4 is 39.6 Å². The maximum Gasteiger partial charge on any atom is 0.336 e. The van der Waals surface area contributed by atoms with Crippen LogP contribution in [0.15, 0.2) is 27.6 Å². The van der Waals surface area contributed by atoms with Gasteiger partial charge >= 0.3 is 5.97 Å². The van der Waals surface area contributed by atoms with Crippen LogP contribution in [0.5, 0.6) is 0 Å². The number of carboxylic acids is 1. The average molecular weight is 360 g/mol. The Morgan fingerprint density at radius 2 is 2.05 bits per heavy atom. The highest BCUT2D eigenvalue weighted by molar-refractivity contribution is 9.10. The monoisotopic (exact) mass is 359 g/mol. The summed E-state index contributed by atoms with van der Waals surface area (Å²) in [5, 5.41) is 9.04. The number of carbonyl (C=O) groups excluding carboxylic acids is 1. The molecule has 1 aromatic carbocycles. The normalized spacial score (nSPS) is 15.2. The lowest BCUT2D eigenvalue weighted by atomic mass is 10.2. The van der Waals surface area contributed by atoms with Crippen molar-refractivity contribution in [2.24, 2.45) is 0 Å². The van der Waals surface area contributed by atoms with Crippen molar-refractivity contribution in [1.82, 2.24) is 4.90 Å². The molecule has 1 aromatic rings. The number of benzene rings is 1. The zero-order valence-electron chi connectivity index (χ0n) is 10.7. The van der Waals surface area contributed by atoms with E-state index < -0.39 is 5.97 Å². The quantitative estimate of drug-likeness (QED) is 0.833. The Kier molecular flexibility index (Phi) is 5.45. The van der Waals surface area contributed by atoms with E-state index in [1.165, 1.54) is 11.8 Å². The van der Waals surface area contributed by atoms with Gasteiger partial charge in [0.25, 0.3) is 0 Å². The van der Waals surface area contributed by atoms with Gasteiger partial charge in [0.15, 0.2) is 0 Å². The van der Waals surface area contributed by atoms with Crippen molar-refractivity contribution in [3.8, 4) is 0 Å². The fraction of sp³-hybridized carbons (Fsp3) is 0.385. The predicted molar refractivity (Wildman–Crippen MR) is 79.2 cm³/mol. The summed E-state index contributed by atoms with van der Waals surface area (Å²) in [7, 11) is 0. The first kappa shape index (κ1) is 15.3. The number of hydrogen-bond acceptors (Lipinski definition) is 4. The van der Waals surface area contributed by atoms with E-state index in [9.17, 15) is 9.59 Å². The number of amides is 1. The minimum Gasteiger partial charge on any atom is -0.478 e. The average Bonchev–Trinajstić information content (AvgIpc) is 2.46. The molecule has 7 heteroatoms. The molecule has 0 saturated carbocycles. The Bertz CT molecular complexity index is 517. The third-order valence-corrected chi connectivity index (χ3v) is 4.56. The summed E-state index contributed by atoms with van der Waals surface area (Å²) in [6, 6.07) is 5.06. The molecule has 108 valence electrons. The van der Waals surface area contributed by atoms with E-state index in [-0.39, 0.29) is 11.5 Å². The van der Waals surface area contributed by atoms with Gasteiger partial charge in [-0.15, -0.1) is 11.8 Å². The number of rotatable bonds is 4. The first-order valence-corrected chi connectivity index (χ1v) is 7.87. The van der Waals surface area contributed by atoms with Gasteiger partial charge in [0.2, 0.25) is 5.91 Å². The van der Waals surface area contributed by atoms with Crippen molar-refractivity contribution < 1.29 is 19.4 Å². The lowest BCUT2D eigenvalue weighted by molar-refractivity contribution is -0.132. The minimum atomic E-state index is -0.987. The Hall–Kier alpha value is -1.05. The first-order valence-electron chi connectivity index (χ1n) is 6.09. The molecule has 0 radical (unpaired) electrons. The molecule has 20 heavy (non-hydrogen) atoms. The van der Waals surface area contributed by atoms with E-state index in [1.54, 1.807) is 23.1 Å². The number of hydrogen-bond donors (Lipinski definition) is 1. The van der Waals surface area contributed by atoms with Crippen molar-refractivity contribution in [3.05, 3.63) is 28.2 Å². The topological polar surface area (TPSA) is 66.8 Å². The summed E-state index contributed by atoms with van der Waals surface area (Å²) < 4.78 is 5.73. The molecular weight excluding hydrogens is 346 g/mol. The van der Waals surface area contributed by atoms with Gasteiger partial charge in [-0.25, -0.2) is 4.79 Å². The van der Waals surface area contributed by atoms with Crippen LogP contribution in [0.2, 0.25) is 0 Å². The third kappa shape index (κ3) is 3.97. The minimum absolute atomic E-state index is 0.0538. The lowest BCUT2D eigenvalue weighted by Gasteiger charge is -2.26. The molecule has 0 atom stereocenters. The number of thioether (sulfide) groups is 1. The number of nitrogens with zero attached hydrogens (tertiary/aromatic N) is 1. The van der Waals surface area contributed by atoms with Crippen LogP contribution in [-0.4, -0.2) is 53.9 Å². The summed E-state index contributed by atoms with van der Waals surface area (Å²) >= 11 is 4.54. The second-order valence-corrected chi connectivity index (χ2v) is 6.13. The van der Waals surface area contributed by atoms with Gasteiger partial charge < -0.3 is 14.7 Å². The van der Waals surface area contributed by atoms with Crippen molar-refractivity contribution in [2.45, 2.75) is 4.90 Å². The van der Waals surface area contributed by atoms with Gasteiger partial charge in [-0.3, -0.25) is 4.79 Å². The Balaban J connectivity index is 1.95. The molecule has 0 aliphatic carbocycles. The van der Waals surface area contributed by atoms with E-state index >= 15 is 0 Å². The molecule has 1 amide bonds. The maximum atomic E-state index is 12.0. The van der Waals surface area contributed by atoms with Gasteiger partial charge in [0, 0.05) is 22.5 Å². The number of ether oxygens (including phenoxy) is 1. The first-order chi connectivity index (χ1) is 9.58. The fourth-order valence-electron chi connectivity index (χ4n) is 1.81. The molecule has 0 bridgehead atoms. The van der Waals surface area contributed by atoms with Gasteiger partial charge in [-0.1, -0.05) is 0 Å². The molecule has 1 aliphatic rings. The Morgan fingerprint density at radius 1 is 1.35 bits per heavy atom. The molecule has 1 aliphatic heterocycles. The van der Waals surface area contributed by atoms with E-state index in [1.807, 2.05) is 0 Å². The van der Waals surface area contributed by atoms with E-state index in [4.69, 9.17) is 9.84 Å². The van der Waals surface area contributed by atoms with Gasteiger partial charge in [-0.05, 0) is 34.1 Å². The van der Waals surface area contributed by atoms with Crippen LogP contribution in [-0.2, 0) is 9.53 Å². The zero-order chi connectivity index (χ0) is 14.5. The number of aromatic carboxylic acids is 1. The van der Waals surface area contributed by atoms with Crippen LogP contribution in [0.1, 0.15) is 10.4 Å². The highest BCUT2D eigenvalue weighted by atomic mass is 79.9. The fourth-order valence-corrected chi connectivity index (χ4v) is 3.06. The molecule has 0 unspecified atom stereocenters. The van der Waals surface area contributed by atoms with E-state index in [0.29, 0.717) is 36.5 Å². The standard InChI is InChI=1S/C13H14BrNO4S/c14-11-2-1-9(7-10(11)13(17)18)20-8-12(16)15-3-5-19-6-4-15/h1-2,7H,3-6,8H2,(H,17,18). The van der Waals surface area contributed by atoms with Crippen molar-refractivity contribution in [3.63, 3.8) is 0 Å². The lowest BCUT2D eigenvalue weighted by Crippen LogP contribution is -2.41. The third-order valence-electron chi connectivity index (χ3n) is 2.89. The Morgan fingerprint density at radius 3 is 2.70 bits per heavy atom. The summed E-state index contributed by atoms with van der Waals surface area (Å²) in [5.41, 5.74) is 0.203. The smallest absolute Gasteiger partial charge is 0.336 e. The Labute approximate surface area is 129 Å².